The van der Waals surface area contributed by atoms with Gasteiger partial charge in [0.1, 0.15) is 24.7 Å². The number of alkyl halides is 2. The van der Waals surface area contributed by atoms with Gasteiger partial charge in [0.2, 0.25) is 30.4 Å². The van der Waals surface area contributed by atoms with Crippen molar-refractivity contribution in [3.63, 3.8) is 0 Å². The molecular formula is C57H62F2N5O13PS. The number of halogens is 2. The van der Waals surface area contributed by atoms with E-state index in [-0.39, 0.29) is 86.9 Å². The number of hydrogen-bond acceptors (Lipinski definition) is 13. The number of ether oxygens (including phenoxy) is 3. The van der Waals surface area contributed by atoms with E-state index in [4.69, 9.17) is 14.2 Å². The maximum atomic E-state index is 15.5. The molecule has 0 spiro atoms. The second-order valence-corrected chi connectivity index (χ2v) is 24.5. The number of piperidine rings is 1. The Hall–Kier alpha value is -6.92. The molecule has 6 amide bonds. The van der Waals surface area contributed by atoms with Crippen molar-refractivity contribution >= 4 is 86.9 Å². The molecule has 1 aromatic heterocycles. The predicted octanol–water partition coefficient (Wildman–Crippen LogP) is 7.87. The number of fused-ring (bicyclic) bond motifs is 3. The Morgan fingerprint density at radius 2 is 1.65 bits per heavy atom. The predicted molar refractivity (Wildman–Crippen MR) is 290 cm³/mol. The van der Waals surface area contributed by atoms with Gasteiger partial charge in [0.15, 0.2) is 0 Å². The number of esters is 1. The molecule has 3 aliphatic heterocycles. The van der Waals surface area contributed by atoms with Crippen molar-refractivity contribution < 1.29 is 70.5 Å². The number of carbonyl (C=O) groups is 7. The van der Waals surface area contributed by atoms with Gasteiger partial charge in [-0.05, 0) is 110 Å². The molecule has 418 valence electrons. The molecule has 4 heterocycles. The number of anilines is 1. The molecule has 8 rings (SSSR count). The topological polar surface area (TPSA) is 227 Å². The molecule has 0 radical (unpaired) electrons. The second kappa shape index (κ2) is 23.8. The molecule has 79 heavy (non-hydrogen) atoms. The summed E-state index contributed by atoms with van der Waals surface area (Å²) in [5.41, 5.74) is -4.81. The summed E-state index contributed by atoms with van der Waals surface area (Å²) in [4.78, 5) is 108. The maximum Gasteiger partial charge on any atom is 0.404 e. The van der Waals surface area contributed by atoms with E-state index in [1.165, 1.54) is 42.7 Å². The van der Waals surface area contributed by atoms with Crippen molar-refractivity contribution in [1.29, 1.82) is 0 Å². The molecule has 0 aliphatic carbocycles. The lowest BCUT2D eigenvalue weighted by atomic mass is 9.85. The highest BCUT2D eigenvalue weighted by atomic mass is 32.1. The minimum Gasteiger partial charge on any atom is -0.438 e. The number of amides is 6. The molecule has 3 aliphatic rings. The maximum absolute atomic E-state index is 15.5. The van der Waals surface area contributed by atoms with Gasteiger partial charge in [-0.3, -0.25) is 48.0 Å². The molecular weight excluding hydrogens is 1060 g/mol. The summed E-state index contributed by atoms with van der Waals surface area (Å²) in [6.45, 7) is 9.75. The zero-order chi connectivity index (χ0) is 57.0. The van der Waals surface area contributed by atoms with E-state index in [0.29, 0.717) is 39.9 Å². The van der Waals surface area contributed by atoms with Crippen molar-refractivity contribution in [2.24, 2.45) is 10.8 Å². The Labute approximate surface area is 459 Å². The Morgan fingerprint density at radius 3 is 2.38 bits per heavy atom. The zero-order valence-corrected chi connectivity index (χ0v) is 46.3. The Balaban J connectivity index is 0.894. The van der Waals surface area contributed by atoms with Crippen LogP contribution in [0.5, 0.6) is 0 Å². The first-order valence-electron chi connectivity index (χ1n) is 25.7. The van der Waals surface area contributed by atoms with Crippen LogP contribution in [0.2, 0.25) is 0 Å². The van der Waals surface area contributed by atoms with Crippen LogP contribution in [-0.4, -0.2) is 121 Å². The first kappa shape index (κ1) is 58.2. The third-order valence-corrected chi connectivity index (χ3v) is 16.3. The molecule has 2 saturated heterocycles. The Bertz CT molecular complexity index is 3320. The van der Waals surface area contributed by atoms with Crippen LogP contribution in [0.1, 0.15) is 104 Å². The minimum absolute atomic E-state index is 0.0570. The number of rotatable bonds is 18. The van der Waals surface area contributed by atoms with Crippen LogP contribution in [0.15, 0.2) is 84.9 Å². The Kier molecular flexibility index (Phi) is 17.6. The average molecular weight is 1130 g/mol. The summed E-state index contributed by atoms with van der Waals surface area (Å²) in [6, 6.07) is 20.3. The minimum atomic E-state index is -5.74. The quantitative estimate of drug-likeness (QED) is 0.0190. The SMILES string of the molecule is CC(C)(C)C(=O)OCOP(=O)(O)C(F)(F)c1ccc2sc(C(=O)NC(C(=O)N3CCC[C@H]3C(=O)N(CCOCCOCC#Cc3cccc4c3CN(C3CCC(=O)NC3=O)C4=O)c3ccc4ccccc4c3)C(C)(C)C)cc2c1. The van der Waals surface area contributed by atoms with E-state index in [1.807, 2.05) is 42.5 Å². The average Bonchev–Trinajstić information content (AvgIpc) is 4.22. The van der Waals surface area contributed by atoms with Gasteiger partial charge in [-0.1, -0.05) is 75.1 Å². The van der Waals surface area contributed by atoms with Gasteiger partial charge < -0.3 is 39.1 Å². The molecule has 5 aromatic rings. The van der Waals surface area contributed by atoms with Crippen LogP contribution in [-0.2, 0) is 59.5 Å². The van der Waals surface area contributed by atoms with E-state index in [2.05, 4.69) is 27.0 Å². The smallest absolute Gasteiger partial charge is 0.404 e. The summed E-state index contributed by atoms with van der Waals surface area (Å²) >= 11 is 0.962. The molecule has 4 atom stereocenters. The van der Waals surface area contributed by atoms with E-state index in [9.17, 15) is 43.0 Å². The highest BCUT2D eigenvalue weighted by molar-refractivity contribution is 7.53. The molecule has 3 N–H and O–H groups in total. The van der Waals surface area contributed by atoms with Crippen molar-refractivity contribution in [2.45, 2.75) is 97.6 Å². The van der Waals surface area contributed by atoms with Crippen LogP contribution in [0.3, 0.4) is 0 Å². The number of thiophene rings is 1. The van der Waals surface area contributed by atoms with Crippen LogP contribution in [0, 0.1) is 22.7 Å². The van der Waals surface area contributed by atoms with Crippen LogP contribution in [0.4, 0.5) is 14.5 Å². The molecule has 2 fully saturated rings. The normalized spacial score (nSPS) is 17.9. The van der Waals surface area contributed by atoms with E-state index < -0.39 is 78.3 Å². The van der Waals surface area contributed by atoms with Crippen LogP contribution >= 0.6 is 18.9 Å². The lowest BCUT2D eigenvalue weighted by Gasteiger charge is -2.36. The fourth-order valence-corrected chi connectivity index (χ4v) is 11.3. The fourth-order valence-electron chi connectivity index (χ4n) is 9.48. The van der Waals surface area contributed by atoms with Gasteiger partial charge in [0, 0.05) is 53.1 Å². The molecule has 3 unspecified atom stereocenters. The molecule has 18 nitrogen and oxygen atoms in total. The van der Waals surface area contributed by atoms with Crippen molar-refractivity contribution in [3.8, 4) is 11.8 Å². The highest BCUT2D eigenvalue weighted by Crippen LogP contribution is 2.63. The lowest BCUT2D eigenvalue weighted by molar-refractivity contribution is -0.160. The van der Waals surface area contributed by atoms with Gasteiger partial charge in [0.05, 0.1) is 30.1 Å². The second-order valence-electron chi connectivity index (χ2n) is 21.5. The van der Waals surface area contributed by atoms with Gasteiger partial charge in [-0.2, -0.15) is 8.78 Å². The summed E-state index contributed by atoms with van der Waals surface area (Å²) in [5, 5.41) is 7.17. The van der Waals surface area contributed by atoms with Gasteiger partial charge in [-0.15, -0.1) is 11.3 Å². The molecule has 22 heteroatoms. The Morgan fingerprint density at radius 1 is 0.899 bits per heavy atom. The molecule has 0 bridgehead atoms. The monoisotopic (exact) mass is 1130 g/mol. The largest absolute Gasteiger partial charge is 0.438 e. The molecule has 4 aromatic carbocycles. The van der Waals surface area contributed by atoms with Crippen molar-refractivity contribution in [1.82, 2.24) is 20.4 Å². The third kappa shape index (κ3) is 13.1. The number of benzene rings is 4. The summed E-state index contributed by atoms with van der Waals surface area (Å²) in [6.07, 6.45) is 1.27. The lowest BCUT2D eigenvalue weighted by Crippen LogP contribution is -2.58. The van der Waals surface area contributed by atoms with Crippen LogP contribution < -0.4 is 15.5 Å². The zero-order valence-electron chi connectivity index (χ0n) is 44.6. The number of nitrogens with zero attached hydrogens (tertiary/aromatic N) is 3. The van der Waals surface area contributed by atoms with E-state index in [1.54, 1.807) is 43.9 Å². The van der Waals surface area contributed by atoms with Crippen molar-refractivity contribution in [3.05, 3.63) is 112 Å². The number of likely N-dealkylation sites (tertiary alicyclic amines) is 1. The summed E-state index contributed by atoms with van der Waals surface area (Å²) < 4.78 is 65.2. The summed E-state index contributed by atoms with van der Waals surface area (Å²) in [7, 11) is -5.74. The first-order chi connectivity index (χ1) is 37.4. The standard InChI is InChI=1S/C57H62F2N5O13PS/c1-55(2,3)48(61-50(67)46-32-38-30-39(19-22-45(38)79-46)57(58,59)78(72,73)77-34-76-54(71)56(4,5)6)53(70)63-24-10-17-44(63)52(69)62(40-20-18-35-12-7-8-13-37(35)31-40)25-27-75-29-28-74-26-11-15-36-14-9-16-41-42(36)33-64(51(41)68)43-21-23-47(65)60-49(43)66/h7-9,12-14,16,18-20,22,30-32,43-44,48H,10,17,21,23-29,33-34H2,1-6H3,(H,61,67)(H,72,73)(H,60,65,66)/t43?,44-,48?/m0/s1. The van der Waals surface area contributed by atoms with Gasteiger partial charge in [0.25, 0.3) is 11.8 Å². The van der Waals surface area contributed by atoms with Gasteiger partial charge >= 0.3 is 19.2 Å². The third-order valence-electron chi connectivity index (χ3n) is 13.8. The van der Waals surface area contributed by atoms with E-state index in [0.717, 1.165) is 34.2 Å². The van der Waals surface area contributed by atoms with Gasteiger partial charge in [-0.25, -0.2) is 0 Å². The highest BCUT2D eigenvalue weighted by Gasteiger charge is 2.53. The molecule has 0 saturated carbocycles. The number of nitrogens with one attached hydrogen (secondary N) is 2. The van der Waals surface area contributed by atoms with E-state index >= 15 is 8.78 Å². The first-order valence-corrected chi connectivity index (χ1v) is 28.1. The number of imide groups is 1. The summed E-state index contributed by atoms with van der Waals surface area (Å²) in [5.74, 6) is 2.58. The number of carbonyl (C=O) groups excluding carboxylic acids is 7. The number of hydrogen-bond donors (Lipinski definition) is 3. The fraction of sp³-hybridized carbons (Fsp3) is 0.421. The van der Waals surface area contributed by atoms with Crippen molar-refractivity contribution in [2.75, 3.05) is 51.2 Å². The van der Waals surface area contributed by atoms with Crippen LogP contribution in [0.25, 0.3) is 20.9 Å².